The van der Waals surface area contributed by atoms with Gasteiger partial charge in [0.1, 0.15) is 11.5 Å². The van der Waals surface area contributed by atoms with Crippen LogP contribution in [0, 0.1) is 0 Å². The molecule has 20 heavy (non-hydrogen) atoms. The second kappa shape index (κ2) is 7.10. The van der Waals surface area contributed by atoms with Crippen LogP contribution < -0.4 is 0 Å². The molecule has 0 unspecified atom stereocenters. The molecule has 2 N–H and O–H groups in total. The van der Waals surface area contributed by atoms with E-state index >= 15 is 0 Å². The molecular formula is C14H15O5P. The predicted molar refractivity (Wildman–Crippen MR) is 74.8 cm³/mol. The topological polar surface area (TPSA) is 76.0 Å². The van der Waals surface area contributed by atoms with Crippen molar-refractivity contribution in [2.75, 3.05) is 0 Å². The highest BCUT2D eigenvalue weighted by Crippen LogP contribution is 2.28. The molecule has 0 aliphatic carbocycles. The van der Waals surface area contributed by atoms with E-state index in [0.29, 0.717) is 0 Å². The van der Waals surface area contributed by atoms with Gasteiger partial charge in [-0.25, -0.2) is 0 Å². The van der Waals surface area contributed by atoms with Crippen molar-refractivity contribution in [2.24, 2.45) is 0 Å². The fourth-order valence-corrected chi connectivity index (χ4v) is 2.16. The summed E-state index contributed by atoms with van der Waals surface area (Å²) in [6.45, 7) is 0.321. The maximum atomic E-state index is 11.6. The van der Waals surface area contributed by atoms with Gasteiger partial charge in [-0.2, -0.15) is 0 Å². The molecule has 5 nitrogen and oxygen atoms in total. The quantitative estimate of drug-likeness (QED) is 0.800. The minimum absolute atomic E-state index is 0.160. The van der Waals surface area contributed by atoms with E-state index in [4.69, 9.17) is 19.3 Å². The van der Waals surface area contributed by atoms with Crippen molar-refractivity contribution in [1.29, 1.82) is 0 Å². The molecule has 0 amide bonds. The van der Waals surface area contributed by atoms with Crippen LogP contribution in [0.2, 0.25) is 0 Å². The van der Waals surface area contributed by atoms with Crippen molar-refractivity contribution >= 4 is 8.25 Å². The van der Waals surface area contributed by atoms with E-state index in [1.165, 1.54) is 24.3 Å². The van der Waals surface area contributed by atoms with Crippen molar-refractivity contribution in [1.82, 2.24) is 0 Å². The predicted octanol–water partition coefficient (Wildman–Crippen LogP) is 3.22. The first-order valence-electron chi connectivity index (χ1n) is 5.99. The Morgan fingerprint density at radius 2 is 1.10 bits per heavy atom. The van der Waals surface area contributed by atoms with Crippen LogP contribution in [-0.2, 0) is 26.8 Å². The summed E-state index contributed by atoms with van der Waals surface area (Å²) in [5.74, 6) is 0.343. The zero-order valence-electron chi connectivity index (χ0n) is 10.7. The van der Waals surface area contributed by atoms with Gasteiger partial charge >= 0.3 is 8.25 Å². The van der Waals surface area contributed by atoms with Crippen molar-refractivity contribution in [3.05, 3.63) is 59.7 Å². The Labute approximate surface area is 117 Å². The van der Waals surface area contributed by atoms with Crippen molar-refractivity contribution < 1.29 is 23.8 Å². The SMILES string of the molecule is O=[PH](OCc1ccc(O)cc1)OCc1ccc(O)cc1. The molecule has 0 saturated carbocycles. The Morgan fingerprint density at radius 1 is 0.750 bits per heavy atom. The lowest BCUT2D eigenvalue weighted by molar-refractivity contribution is 0.213. The summed E-state index contributed by atoms with van der Waals surface area (Å²) < 4.78 is 21.8. The summed E-state index contributed by atoms with van der Waals surface area (Å²) in [5.41, 5.74) is 1.60. The van der Waals surface area contributed by atoms with Gasteiger partial charge in [0.05, 0.1) is 13.2 Å². The molecule has 0 aliphatic heterocycles. The normalized spacial score (nSPS) is 10.8. The van der Waals surface area contributed by atoms with E-state index in [9.17, 15) is 4.57 Å². The van der Waals surface area contributed by atoms with E-state index in [1.54, 1.807) is 24.3 Å². The Morgan fingerprint density at radius 3 is 1.45 bits per heavy atom. The van der Waals surface area contributed by atoms with E-state index in [-0.39, 0.29) is 24.7 Å². The summed E-state index contributed by atoms with van der Waals surface area (Å²) >= 11 is 0. The van der Waals surface area contributed by atoms with Crippen LogP contribution in [0.15, 0.2) is 48.5 Å². The smallest absolute Gasteiger partial charge is 0.319 e. The van der Waals surface area contributed by atoms with Gasteiger partial charge in [-0.1, -0.05) is 24.3 Å². The Balaban J connectivity index is 1.75. The molecule has 0 aromatic heterocycles. The maximum absolute atomic E-state index is 11.6. The van der Waals surface area contributed by atoms with Crippen LogP contribution in [0.3, 0.4) is 0 Å². The number of hydrogen-bond acceptors (Lipinski definition) is 5. The average Bonchev–Trinajstić information content (AvgIpc) is 2.46. The van der Waals surface area contributed by atoms with Gasteiger partial charge in [0.2, 0.25) is 0 Å². The summed E-state index contributed by atoms with van der Waals surface area (Å²) in [5, 5.41) is 18.3. The number of benzene rings is 2. The zero-order valence-corrected chi connectivity index (χ0v) is 11.7. The van der Waals surface area contributed by atoms with Gasteiger partial charge in [-0.3, -0.25) is 4.57 Å². The lowest BCUT2D eigenvalue weighted by Gasteiger charge is -2.06. The second-order valence-corrected chi connectivity index (χ2v) is 5.24. The van der Waals surface area contributed by atoms with Crippen LogP contribution in [-0.4, -0.2) is 10.2 Å². The maximum Gasteiger partial charge on any atom is 0.319 e. The summed E-state index contributed by atoms with van der Waals surface area (Å²) in [4.78, 5) is 0. The van der Waals surface area contributed by atoms with Crippen LogP contribution in [0.5, 0.6) is 11.5 Å². The number of hydrogen-bond donors (Lipinski definition) is 2. The summed E-state index contributed by atoms with van der Waals surface area (Å²) in [6.07, 6.45) is 0. The van der Waals surface area contributed by atoms with Crippen LogP contribution in [0.25, 0.3) is 0 Å². The largest absolute Gasteiger partial charge is 0.508 e. The molecule has 2 aromatic carbocycles. The average molecular weight is 294 g/mol. The molecule has 0 radical (unpaired) electrons. The van der Waals surface area contributed by atoms with Gasteiger partial charge in [-0.05, 0) is 35.4 Å². The highest BCUT2D eigenvalue weighted by atomic mass is 31.1. The molecule has 2 aromatic rings. The van der Waals surface area contributed by atoms with E-state index < -0.39 is 8.25 Å². The standard InChI is InChI=1S/C14H15O5P/c15-13-5-1-11(2-6-13)9-18-20(17)19-10-12-3-7-14(16)8-4-12/h1-8,15-16,20H,9-10H2. The molecule has 2 rings (SSSR count). The molecule has 6 heteroatoms. The lowest BCUT2D eigenvalue weighted by Crippen LogP contribution is -1.89. The molecule has 0 aliphatic rings. The first-order valence-corrected chi connectivity index (χ1v) is 7.21. The first-order chi connectivity index (χ1) is 9.63. The molecule has 0 bridgehead atoms. The number of phenolic OH excluding ortho intramolecular Hbond substituents is 2. The molecule has 106 valence electrons. The van der Waals surface area contributed by atoms with Gasteiger partial charge < -0.3 is 19.3 Å². The monoisotopic (exact) mass is 294 g/mol. The fourth-order valence-electron chi connectivity index (χ4n) is 1.51. The van der Waals surface area contributed by atoms with Crippen molar-refractivity contribution in [3.63, 3.8) is 0 Å². The minimum atomic E-state index is -2.58. The third kappa shape index (κ3) is 4.70. The third-order valence-electron chi connectivity index (χ3n) is 2.59. The summed E-state index contributed by atoms with van der Waals surface area (Å²) in [7, 11) is -2.58. The molecular weight excluding hydrogens is 279 g/mol. The number of rotatable bonds is 6. The number of aromatic hydroxyl groups is 2. The molecule has 0 spiro atoms. The van der Waals surface area contributed by atoms with Gasteiger partial charge in [0.25, 0.3) is 0 Å². The van der Waals surface area contributed by atoms with E-state index in [0.717, 1.165) is 11.1 Å². The van der Waals surface area contributed by atoms with Gasteiger partial charge in [0, 0.05) is 0 Å². The van der Waals surface area contributed by atoms with Crippen LogP contribution in [0.1, 0.15) is 11.1 Å². The highest BCUT2D eigenvalue weighted by Gasteiger charge is 2.02. The van der Waals surface area contributed by atoms with Crippen molar-refractivity contribution in [3.8, 4) is 11.5 Å². The number of phenols is 2. The first kappa shape index (κ1) is 14.6. The lowest BCUT2D eigenvalue weighted by atomic mass is 10.2. The molecule has 0 heterocycles. The van der Waals surface area contributed by atoms with E-state index in [1.807, 2.05) is 0 Å². The minimum Gasteiger partial charge on any atom is -0.508 e. The van der Waals surface area contributed by atoms with E-state index in [2.05, 4.69) is 0 Å². The second-order valence-electron chi connectivity index (χ2n) is 4.16. The third-order valence-corrected chi connectivity index (χ3v) is 3.35. The van der Waals surface area contributed by atoms with Gasteiger partial charge in [0.15, 0.2) is 0 Å². The molecule has 0 atom stereocenters. The Bertz CT molecular complexity index is 514. The highest BCUT2D eigenvalue weighted by molar-refractivity contribution is 7.33. The molecule has 0 fully saturated rings. The van der Waals surface area contributed by atoms with Crippen LogP contribution in [0.4, 0.5) is 0 Å². The fraction of sp³-hybridized carbons (Fsp3) is 0.143. The zero-order chi connectivity index (χ0) is 14.4. The van der Waals surface area contributed by atoms with Gasteiger partial charge in [-0.15, -0.1) is 0 Å². The summed E-state index contributed by atoms with van der Waals surface area (Å²) in [6, 6.07) is 12.9. The van der Waals surface area contributed by atoms with Crippen LogP contribution >= 0.6 is 8.25 Å². The van der Waals surface area contributed by atoms with Crippen molar-refractivity contribution in [2.45, 2.75) is 13.2 Å². The Hall–Kier alpha value is -1.81. The Kier molecular flexibility index (Phi) is 5.18. The molecule has 0 saturated heterocycles.